The Morgan fingerprint density at radius 3 is 2.23 bits per heavy atom. The number of nitriles is 1. The van der Waals surface area contributed by atoms with Crippen molar-refractivity contribution in [1.29, 1.82) is 5.26 Å². The van der Waals surface area contributed by atoms with Crippen molar-refractivity contribution in [3.63, 3.8) is 0 Å². The predicted octanol–water partition coefficient (Wildman–Crippen LogP) is 4.53. The first-order valence-electron chi connectivity index (χ1n) is 11.9. The van der Waals surface area contributed by atoms with Crippen molar-refractivity contribution in [2.75, 3.05) is 26.2 Å². The van der Waals surface area contributed by atoms with Crippen LogP contribution < -0.4 is 0 Å². The highest BCUT2D eigenvalue weighted by atomic mass is 16.2. The number of hydrogen-bond acceptors (Lipinski definition) is 3. The molecule has 160 valence electrons. The van der Waals surface area contributed by atoms with E-state index in [1.165, 1.54) is 50.8 Å². The lowest BCUT2D eigenvalue weighted by Crippen LogP contribution is -2.41. The van der Waals surface area contributed by atoms with Gasteiger partial charge in [-0.1, -0.05) is 24.6 Å². The first-order valence-corrected chi connectivity index (χ1v) is 11.9. The molecular formula is C27H31N3O. The van der Waals surface area contributed by atoms with Gasteiger partial charge in [-0.25, -0.2) is 0 Å². The van der Waals surface area contributed by atoms with Gasteiger partial charge in [0, 0.05) is 37.8 Å². The molecule has 2 fully saturated rings. The molecule has 5 rings (SSSR count). The minimum Gasteiger partial charge on any atom is -0.339 e. The van der Waals surface area contributed by atoms with E-state index < -0.39 is 0 Å². The summed E-state index contributed by atoms with van der Waals surface area (Å²) in [5.41, 5.74) is 5.82. The molecule has 4 heteroatoms. The van der Waals surface area contributed by atoms with Gasteiger partial charge in [-0.05, 0) is 85.4 Å². The number of rotatable bonds is 3. The van der Waals surface area contributed by atoms with Crippen LogP contribution in [0.5, 0.6) is 0 Å². The average Bonchev–Trinajstić information content (AvgIpc) is 3.00. The summed E-state index contributed by atoms with van der Waals surface area (Å²) in [7, 11) is 0. The highest BCUT2D eigenvalue weighted by Crippen LogP contribution is 2.32. The topological polar surface area (TPSA) is 47.3 Å². The first-order chi connectivity index (χ1) is 15.2. The molecule has 0 bridgehead atoms. The number of carbonyl (C=O) groups is 1. The number of hydrogen-bond donors (Lipinski definition) is 0. The molecule has 0 N–H and O–H groups in total. The molecule has 0 atom stereocenters. The predicted molar refractivity (Wildman–Crippen MR) is 122 cm³/mol. The molecule has 31 heavy (non-hydrogen) atoms. The van der Waals surface area contributed by atoms with E-state index >= 15 is 0 Å². The maximum Gasteiger partial charge on any atom is 0.253 e. The molecule has 0 aromatic heterocycles. The third-order valence-electron chi connectivity index (χ3n) is 7.67. The molecule has 0 unspecified atom stereocenters. The van der Waals surface area contributed by atoms with Crippen molar-refractivity contribution in [3.05, 3.63) is 70.3 Å². The van der Waals surface area contributed by atoms with E-state index in [-0.39, 0.29) is 5.91 Å². The second-order valence-corrected chi connectivity index (χ2v) is 9.40. The molecule has 0 spiro atoms. The number of nitrogens with zero attached hydrogens (tertiary/aromatic N) is 3. The zero-order valence-corrected chi connectivity index (χ0v) is 18.2. The van der Waals surface area contributed by atoms with Gasteiger partial charge in [-0.2, -0.15) is 5.26 Å². The van der Waals surface area contributed by atoms with Crippen LogP contribution in [-0.4, -0.2) is 47.9 Å². The Labute approximate surface area is 185 Å². The van der Waals surface area contributed by atoms with Crippen LogP contribution in [0.3, 0.4) is 0 Å². The lowest BCUT2D eigenvalue weighted by molar-refractivity contribution is 0.0713. The summed E-state index contributed by atoms with van der Waals surface area (Å²) in [5, 5.41) is 8.95. The van der Waals surface area contributed by atoms with Crippen LogP contribution in [0.4, 0.5) is 0 Å². The van der Waals surface area contributed by atoms with Gasteiger partial charge in [0.05, 0.1) is 11.6 Å². The Hall–Kier alpha value is -2.64. The number of fused-ring (bicyclic) bond motifs is 1. The molecule has 2 aliphatic heterocycles. The molecule has 1 saturated heterocycles. The second kappa shape index (κ2) is 8.85. The fraction of sp³-hybridized carbons (Fsp3) is 0.481. The van der Waals surface area contributed by atoms with Crippen molar-refractivity contribution in [1.82, 2.24) is 9.80 Å². The zero-order chi connectivity index (χ0) is 21.2. The van der Waals surface area contributed by atoms with E-state index in [4.69, 9.17) is 5.26 Å². The summed E-state index contributed by atoms with van der Waals surface area (Å²) >= 11 is 0. The standard InChI is InChI=1S/C27H31N3O/c28-19-20-4-6-23(7-5-20)27(31)30-16-11-22(12-17-30)24-9-8-21-10-14-29(26-2-1-3-26)15-13-25(21)18-24/h4-9,18,22,26H,1-3,10-17H2. The van der Waals surface area contributed by atoms with Crippen LogP contribution in [-0.2, 0) is 12.8 Å². The monoisotopic (exact) mass is 413 g/mol. The maximum atomic E-state index is 12.8. The van der Waals surface area contributed by atoms with E-state index in [0.29, 0.717) is 17.0 Å². The van der Waals surface area contributed by atoms with Gasteiger partial charge in [0.15, 0.2) is 0 Å². The maximum absolute atomic E-state index is 12.8. The summed E-state index contributed by atoms with van der Waals surface area (Å²) in [6.45, 7) is 4.03. The van der Waals surface area contributed by atoms with Crippen molar-refractivity contribution >= 4 is 5.91 Å². The summed E-state index contributed by atoms with van der Waals surface area (Å²) in [4.78, 5) is 17.5. The fourth-order valence-corrected chi connectivity index (χ4v) is 5.42. The van der Waals surface area contributed by atoms with Crippen LogP contribution in [0.15, 0.2) is 42.5 Å². The SMILES string of the molecule is N#Cc1ccc(C(=O)N2CCC(c3ccc4c(c3)CCN(C3CCC3)CC4)CC2)cc1. The highest BCUT2D eigenvalue weighted by molar-refractivity contribution is 5.94. The van der Waals surface area contributed by atoms with Crippen LogP contribution >= 0.6 is 0 Å². The van der Waals surface area contributed by atoms with E-state index in [9.17, 15) is 4.79 Å². The van der Waals surface area contributed by atoms with E-state index in [1.54, 1.807) is 35.4 Å². The molecule has 2 aromatic carbocycles. The van der Waals surface area contributed by atoms with Gasteiger partial charge in [0.25, 0.3) is 5.91 Å². The molecule has 3 aliphatic rings. The number of amides is 1. The molecule has 4 nitrogen and oxygen atoms in total. The minimum atomic E-state index is 0.0842. The number of piperidine rings is 1. The molecule has 1 saturated carbocycles. The minimum absolute atomic E-state index is 0.0842. The van der Waals surface area contributed by atoms with Gasteiger partial charge < -0.3 is 4.90 Å². The van der Waals surface area contributed by atoms with E-state index in [1.807, 2.05) is 4.90 Å². The van der Waals surface area contributed by atoms with Crippen LogP contribution in [0.2, 0.25) is 0 Å². The summed E-state index contributed by atoms with van der Waals surface area (Å²) in [5.74, 6) is 0.627. The van der Waals surface area contributed by atoms with Crippen molar-refractivity contribution in [2.24, 2.45) is 0 Å². The largest absolute Gasteiger partial charge is 0.339 e. The van der Waals surface area contributed by atoms with Gasteiger partial charge in [0.1, 0.15) is 0 Å². The van der Waals surface area contributed by atoms with E-state index in [0.717, 1.165) is 32.0 Å². The van der Waals surface area contributed by atoms with Crippen molar-refractivity contribution < 1.29 is 4.79 Å². The fourth-order valence-electron chi connectivity index (χ4n) is 5.42. The first kappa shape index (κ1) is 20.3. The Morgan fingerprint density at radius 1 is 0.871 bits per heavy atom. The Morgan fingerprint density at radius 2 is 1.58 bits per heavy atom. The molecule has 2 aromatic rings. The van der Waals surface area contributed by atoms with E-state index in [2.05, 4.69) is 29.2 Å². The Kier molecular flexibility index (Phi) is 5.78. The third kappa shape index (κ3) is 4.25. The van der Waals surface area contributed by atoms with Crippen molar-refractivity contribution in [2.45, 2.75) is 56.9 Å². The number of carbonyl (C=O) groups excluding carboxylic acids is 1. The van der Waals surface area contributed by atoms with Crippen LogP contribution in [0.1, 0.15) is 70.6 Å². The molecule has 2 heterocycles. The lowest BCUT2D eigenvalue weighted by Gasteiger charge is -2.36. The molecule has 0 radical (unpaired) electrons. The lowest BCUT2D eigenvalue weighted by atomic mass is 9.86. The molecule has 1 aliphatic carbocycles. The highest BCUT2D eigenvalue weighted by Gasteiger charge is 2.28. The van der Waals surface area contributed by atoms with Gasteiger partial charge in [0.2, 0.25) is 0 Å². The molecule has 1 amide bonds. The molecular weight excluding hydrogens is 382 g/mol. The zero-order valence-electron chi connectivity index (χ0n) is 18.2. The summed E-state index contributed by atoms with van der Waals surface area (Å²) in [6, 6.07) is 17.1. The van der Waals surface area contributed by atoms with Crippen molar-refractivity contribution in [3.8, 4) is 6.07 Å². The van der Waals surface area contributed by atoms with Crippen LogP contribution in [0.25, 0.3) is 0 Å². The van der Waals surface area contributed by atoms with Crippen LogP contribution in [0, 0.1) is 11.3 Å². The number of benzene rings is 2. The quantitative estimate of drug-likeness (QED) is 0.743. The summed E-state index contributed by atoms with van der Waals surface area (Å²) in [6.07, 6.45) is 8.59. The van der Waals surface area contributed by atoms with Gasteiger partial charge >= 0.3 is 0 Å². The Bertz CT molecular complexity index is 979. The normalized spacial score (nSPS) is 20.4. The van der Waals surface area contributed by atoms with Gasteiger partial charge in [-0.15, -0.1) is 0 Å². The average molecular weight is 414 g/mol. The number of likely N-dealkylation sites (tertiary alicyclic amines) is 1. The Balaban J connectivity index is 1.20. The third-order valence-corrected chi connectivity index (χ3v) is 7.67. The van der Waals surface area contributed by atoms with Gasteiger partial charge in [-0.3, -0.25) is 9.69 Å². The second-order valence-electron chi connectivity index (χ2n) is 9.40. The summed E-state index contributed by atoms with van der Waals surface area (Å²) < 4.78 is 0. The smallest absolute Gasteiger partial charge is 0.253 e.